The molecule has 0 spiro atoms. The molecule has 5 heteroatoms. The van der Waals surface area contributed by atoms with Gasteiger partial charge in [0.2, 0.25) is 0 Å². The Balaban J connectivity index is 0. The molecule has 0 bridgehead atoms. The molecule has 0 radical (unpaired) electrons. The van der Waals surface area contributed by atoms with Gasteiger partial charge in [0.15, 0.2) is 5.78 Å². The summed E-state index contributed by atoms with van der Waals surface area (Å²) in [6.07, 6.45) is -0.357. The van der Waals surface area contributed by atoms with Gasteiger partial charge in [-0.3, -0.25) is 9.59 Å². The number of rotatable bonds is 4. The van der Waals surface area contributed by atoms with Crippen LogP contribution >= 0.6 is 0 Å². The zero-order chi connectivity index (χ0) is 12.4. The van der Waals surface area contributed by atoms with Crippen LogP contribution in [0.3, 0.4) is 0 Å². The third-order valence-corrected chi connectivity index (χ3v) is 2.37. The van der Waals surface area contributed by atoms with Gasteiger partial charge < -0.3 is 9.90 Å². The van der Waals surface area contributed by atoms with Crippen LogP contribution in [0.5, 0.6) is 0 Å². The van der Waals surface area contributed by atoms with Crippen LogP contribution in [0.4, 0.5) is 0 Å². The molecule has 0 aliphatic rings. The summed E-state index contributed by atoms with van der Waals surface area (Å²) in [5, 5.41) is 10.7. The third kappa shape index (κ3) is 4.50. The second-order valence-electron chi connectivity index (χ2n) is 5.19. The van der Waals surface area contributed by atoms with Crippen molar-refractivity contribution in [1.82, 2.24) is 0 Å². The van der Waals surface area contributed by atoms with Crippen molar-refractivity contribution in [1.29, 1.82) is 0 Å². The van der Waals surface area contributed by atoms with E-state index < -0.39 is 22.6 Å². The van der Waals surface area contributed by atoms with Gasteiger partial charge in [0, 0.05) is 5.41 Å². The summed E-state index contributed by atoms with van der Waals surface area (Å²) in [5.74, 6) is -2.32. The topological polar surface area (TPSA) is 74.3 Å². The Morgan fingerprint density at radius 3 is 1.56 bits per heavy atom. The van der Waals surface area contributed by atoms with Crippen molar-refractivity contribution in [2.75, 3.05) is 0 Å². The van der Waals surface area contributed by atoms with Crippen LogP contribution in [0.15, 0.2) is 0 Å². The number of hydrogen-bond acceptors (Lipinski definition) is 4. The standard InChI is InChI=1S/C11H18O4.Li/c1-10(2,3)7(12)6-8(13)11(4,5)9(14)15;/h6H2,1-5H3,(H,14,15);/q;+1/p-1. The minimum Gasteiger partial charge on any atom is -0.549 e. The first-order valence-corrected chi connectivity index (χ1v) is 4.77. The number of carbonyl (C=O) groups is 3. The number of carboxylic acids is 1. The molecule has 0 fully saturated rings. The minimum absolute atomic E-state index is 0. The molecular formula is C11H17LiO4. The summed E-state index contributed by atoms with van der Waals surface area (Å²) in [7, 11) is 0. The fourth-order valence-corrected chi connectivity index (χ4v) is 0.746. The van der Waals surface area contributed by atoms with Crippen molar-refractivity contribution in [3.63, 3.8) is 0 Å². The van der Waals surface area contributed by atoms with Crippen LogP contribution in [0.2, 0.25) is 0 Å². The summed E-state index contributed by atoms with van der Waals surface area (Å²) in [5.41, 5.74) is -2.22. The Morgan fingerprint density at radius 2 is 1.31 bits per heavy atom. The Bertz CT molecular complexity index is 300. The van der Waals surface area contributed by atoms with Gasteiger partial charge in [0.25, 0.3) is 0 Å². The monoisotopic (exact) mass is 220 g/mol. The normalized spacial score (nSPS) is 11.6. The molecule has 86 valence electrons. The van der Waals surface area contributed by atoms with E-state index in [1.807, 2.05) is 0 Å². The number of carboxylic acid groups (broad SMARTS) is 1. The van der Waals surface area contributed by atoms with Gasteiger partial charge in [0.1, 0.15) is 5.78 Å². The van der Waals surface area contributed by atoms with E-state index in [2.05, 4.69) is 0 Å². The molecule has 16 heavy (non-hydrogen) atoms. The molecule has 0 aliphatic heterocycles. The van der Waals surface area contributed by atoms with Crippen molar-refractivity contribution >= 4 is 17.5 Å². The molecule has 0 heterocycles. The van der Waals surface area contributed by atoms with Crippen molar-refractivity contribution in [2.24, 2.45) is 10.8 Å². The van der Waals surface area contributed by atoms with Crippen LogP contribution in [-0.2, 0) is 14.4 Å². The fourth-order valence-electron chi connectivity index (χ4n) is 0.746. The van der Waals surface area contributed by atoms with Crippen molar-refractivity contribution in [3.8, 4) is 0 Å². The average Bonchev–Trinajstić information content (AvgIpc) is 2.01. The molecule has 0 rings (SSSR count). The van der Waals surface area contributed by atoms with Crippen LogP contribution in [0.1, 0.15) is 41.0 Å². The molecule has 0 saturated carbocycles. The summed E-state index contributed by atoms with van der Waals surface area (Å²) < 4.78 is 0. The van der Waals surface area contributed by atoms with E-state index in [1.54, 1.807) is 20.8 Å². The minimum atomic E-state index is -1.60. The molecule has 4 nitrogen and oxygen atoms in total. The molecule has 0 atom stereocenters. The quantitative estimate of drug-likeness (QED) is 0.383. The van der Waals surface area contributed by atoms with Crippen LogP contribution in [-0.4, -0.2) is 17.5 Å². The van der Waals surface area contributed by atoms with Gasteiger partial charge in [-0.25, -0.2) is 0 Å². The van der Waals surface area contributed by atoms with E-state index in [9.17, 15) is 19.5 Å². The van der Waals surface area contributed by atoms with E-state index in [0.29, 0.717) is 0 Å². The summed E-state index contributed by atoms with van der Waals surface area (Å²) >= 11 is 0. The smallest absolute Gasteiger partial charge is 0.549 e. The SMILES string of the molecule is CC(C)(C)C(=O)CC(=O)C(C)(C)C(=O)[O-].[Li+]. The Morgan fingerprint density at radius 1 is 0.938 bits per heavy atom. The Hall–Kier alpha value is -0.593. The maximum Gasteiger partial charge on any atom is 1.00 e. The van der Waals surface area contributed by atoms with Gasteiger partial charge in [-0.05, 0) is 13.8 Å². The van der Waals surface area contributed by atoms with Crippen molar-refractivity contribution < 1.29 is 38.4 Å². The molecule has 0 N–H and O–H groups in total. The third-order valence-electron chi connectivity index (χ3n) is 2.37. The first-order chi connectivity index (χ1) is 6.49. The van der Waals surface area contributed by atoms with Crippen molar-refractivity contribution in [3.05, 3.63) is 0 Å². The summed E-state index contributed by atoms with van der Waals surface area (Å²) in [6.45, 7) is 7.57. The van der Waals surface area contributed by atoms with E-state index in [0.717, 1.165) is 0 Å². The zero-order valence-corrected chi connectivity index (χ0v) is 10.8. The maximum absolute atomic E-state index is 11.5. The fraction of sp³-hybridized carbons (Fsp3) is 0.727. The van der Waals surface area contributed by atoms with Crippen molar-refractivity contribution in [2.45, 2.75) is 41.0 Å². The Labute approximate surface area is 108 Å². The summed E-state index contributed by atoms with van der Waals surface area (Å²) in [6, 6.07) is 0. The van der Waals surface area contributed by atoms with E-state index in [-0.39, 0.29) is 31.1 Å². The van der Waals surface area contributed by atoms with Crippen LogP contribution < -0.4 is 24.0 Å². The van der Waals surface area contributed by atoms with Gasteiger partial charge in [-0.1, -0.05) is 20.8 Å². The molecule has 0 amide bonds. The van der Waals surface area contributed by atoms with E-state index >= 15 is 0 Å². The molecule has 0 aromatic heterocycles. The molecule has 0 aromatic carbocycles. The van der Waals surface area contributed by atoms with Gasteiger partial charge in [-0.2, -0.15) is 0 Å². The number of ketones is 2. The number of carbonyl (C=O) groups excluding carboxylic acids is 3. The number of hydrogen-bond donors (Lipinski definition) is 0. The van der Waals surface area contributed by atoms with E-state index in [1.165, 1.54) is 13.8 Å². The second-order valence-corrected chi connectivity index (χ2v) is 5.19. The van der Waals surface area contributed by atoms with E-state index in [4.69, 9.17) is 0 Å². The van der Waals surface area contributed by atoms with Gasteiger partial charge in [0.05, 0.1) is 17.8 Å². The average molecular weight is 220 g/mol. The molecule has 0 saturated heterocycles. The van der Waals surface area contributed by atoms with Gasteiger partial charge >= 0.3 is 18.9 Å². The zero-order valence-electron chi connectivity index (χ0n) is 10.8. The first-order valence-electron chi connectivity index (χ1n) is 4.77. The molecule has 0 unspecified atom stereocenters. The van der Waals surface area contributed by atoms with Crippen LogP contribution in [0.25, 0.3) is 0 Å². The summed E-state index contributed by atoms with van der Waals surface area (Å²) in [4.78, 5) is 33.7. The predicted molar refractivity (Wildman–Crippen MR) is 52.9 cm³/mol. The van der Waals surface area contributed by atoms with Gasteiger partial charge in [-0.15, -0.1) is 0 Å². The van der Waals surface area contributed by atoms with Crippen LogP contribution in [0, 0.1) is 10.8 Å². The largest absolute Gasteiger partial charge is 1.00 e. The number of Topliss-reactive ketones (excluding diaryl/α,β-unsaturated/α-hetero) is 2. The molecular weight excluding hydrogens is 203 g/mol. The maximum atomic E-state index is 11.5. The molecule has 0 aromatic rings. The second kappa shape index (κ2) is 5.65. The molecule has 0 aliphatic carbocycles. The first kappa shape index (κ1) is 17.8. The predicted octanol–water partition coefficient (Wildman–Crippen LogP) is -2.66. The number of aliphatic carboxylic acids is 1. The Kier molecular flexibility index (Phi) is 6.28.